The van der Waals surface area contributed by atoms with Crippen molar-refractivity contribution < 1.29 is 0 Å². The van der Waals surface area contributed by atoms with Crippen LogP contribution in [0.25, 0.3) is 44.2 Å². The van der Waals surface area contributed by atoms with Gasteiger partial charge in [0.15, 0.2) is 0 Å². The van der Waals surface area contributed by atoms with E-state index in [1.165, 1.54) is 66.4 Å². The zero-order valence-corrected chi connectivity index (χ0v) is 29.8. The van der Waals surface area contributed by atoms with Gasteiger partial charge in [-0.15, -0.1) is 0 Å². The molecule has 0 atom stereocenters. The normalized spacial score (nSPS) is 12.6. The van der Waals surface area contributed by atoms with Crippen molar-refractivity contribution in [1.82, 2.24) is 0 Å². The molecule has 0 aromatic heterocycles. The molecule has 0 saturated heterocycles. The minimum absolute atomic E-state index is 0.506. The summed E-state index contributed by atoms with van der Waals surface area (Å²) in [7, 11) is 0. The molecule has 0 spiro atoms. The summed E-state index contributed by atoms with van der Waals surface area (Å²) < 4.78 is 0. The van der Waals surface area contributed by atoms with Crippen LogP contribution in [0.5, 0.6) is 0 Å². The van der Waals surface area contributed by atoms with Crippen LogP contribution in [-0.4, -0.2) is 0 Å². The van der Waals surface area contributed by atoms with Crippen molar-refractivity contribution in [1.29, 1.82) is 0 Å². The molecule has 0 aliphatic heterocycles. The third-order valence-corrected chi connectivity index (χ3v) is 11.2. The van der Waals surface area contributed by atoms with Crippen LogP contribution < -0.4 is 4.90 Å². The summed E-state index contributed by atoms with van der Waals surface area (Å²) >= 11 is 0. The van der Waals surface area contributed by atoms with Crippen LogP contribution in [0.4, 0.5) is 17.1 Å². The molecule has 0 saturated carbocycles. The molecule has 1 heteroatoms. The lowest BCUT2D eigenvalue weighted by atomic mass is 9.68. The van der Waals surface area contributed by atoms with E-state index in [0.29, 0.717) is 0 Å². The number of benzene rings is 9. The summed E-state index contributed by atoms with van der Waals surface area (Å²) in [6, 6.07) is 82.0. The van der Waals surface area contributed by atoms with Gasteiger partial charge in [0.2, 0.25) is 0 Å². The molecule has 54 heavy (non-hydrogen) atoms. The van der Waals surface area contributed by atoms with Crippen molar-refractivity contribution in [2.45, 2.75) is 5.41 Å². The smallest absolute Gasteiger partial charge is 0.0714 e. The van der Waals surface area contributed by atoms with Gasteiger partial charge in [-0.25, -0.2) is 0 Å². The van der Waals surface area contributed by atoms with Crippen LogP contribution >= 0.6 is 0 Å². The van der Waals surface area contributed by atoms with Crippen molar-refractivity contribution in [3.05, 3.63) is 247 Å². The van der Waals surface area contributed by atoms with Gasteiger partial charge in [-0.05, 0) is 68.1 Å². The number of para-hydroxylation sites is 1. The molecule has 0 N–H and O–H groups in total. The van der Waals surface area contributed by atoms with E-state index in [2.05, 4.69) is 229 Å². The zero-order valence-electron chi connectivity index (χ0n) is 29.8. The van der Waals surface area contributed by atoms with Gasteiger partial charge in [-0.1, -0.05) is 206 Å². The van der Waals surface area contributed by atoms with E-state index >= 15 is 0 Å². The maximum atomic E-state index is 2.53. The third kappa shape index (κ3) is 4.94. The lowest BCUT2D eigenvalue weighted by Gasteiger charge is -2.35. The molecule has 1 nitrogen and oxygen atoms in total. The van der Waals surface area contributed by atoms with E-state index in [-0.39, 0.29) is 0 Å². The highest BCUT2D eigenvalue weighted by molar-refractivity contribution is 6.06. The molecule has 254 valence electrons. The molecule has 9 aromatic carbocycles. The van der Waals surface area contributed by atoms with Crippen LogP contribution in [0.3, 0.4) is 0 Å². The standard InChI is InChI=1S/C53H37N/c1-4-20-38(21-5-1)42-28-12-13-30-44(42)45-31-15-17-35-50(45)54(49-36-18-23-39-22-10-11-29-43(39)49)51-37-19-34-48-52(51)46-32-14-16-33-47(46)53(48,40-24-6-2-7-25-40)41-26-8-3-9-27-41/h1-37H. The molecule has 9 aromatic rings. The topological polar surface area (TPSA) is 3.24 Å². The Balaban J connectivity index is 1.32. The van der Waals surface area contributed by atoms with E-state index < -0.39 is 5.41 Å². The van der Waals surface area contributed by atoms with Crippen molar-refractivity contribution in [3.63, 3.8) is 0 Å². The van der Waals surface area contributed by atoms with Crippen LogP contribution in [-0.2, 0) is 5.41 Å². The fourth-order valence-electron chi connectivity index (χ4n) is 8.94. The van der Waals surface area contributed by atoms with Crippen molar-refractivity contribution >= 4 is 27.8 Å². The first-order valence-corrected chi connectivity index (χ1v) is 18.7. The lowest BCUT2D eigenvalue weighted by molar-refractivity contribution is 0.768. The van der Waals surface area contributed by atoms with Crippen molar-refractivity contribution in [3.8, 4) is 33.4 Å². The van der Waals surface area contributed by atoms with Gasteiger partial charge < -0.3 is 4.90 Å². The number of hydrogen-bond acceptors (Lipinski definition) is 1. The first-order chi connectivity index (χ1) is 26.8. The predicted octanol–water partition coefficient (Wildman–Crippen LogP) is 14.0. The molecular formula is C53H37N. The molecule has 0 bridgehead atoms. The number of nitrogens with zero attached hydrogens (tertiary/aromatic N) is 1. The third-order valence-electron chi connectivity index (χ3n) is 11.2. The maximum absolute atomic E-state index is 2.53. The molecule has 10 rings (SSSR count). The van der Waals surface area contributed by atoms with E-state index in [1.54, 1.807) is 0 Å². The van der Waals surface area contributed by atoms with Crippen LogP contribution in [0.2, 0.25) is 0 Å². The first-order valence-electron chi connectivity index (χ1n) is 18.7. The zero-order chi connectivity index (χ0) is 35.9. The number of anilines is 3. The SMILES string of the molecule is c1ccc(-c2ccccc2-c2ccccc2N(c2cccc3c2-c2ccccc2C3(c2ccccc2)c2ccccc2)c2cccc3ccccc23)cc1. The van der Waals surface area contributed by atoms with E-state index in [1.807, 2.05) is 0 Å². The molecule has 0 radical (unpaired) electrons. The quantitative estimate of drug-likeness (QED) is 0.161. The number of fused-ring (bicyclic) bond motifs is 4. The van der Waals surface area contributed by atoms with Gasteiger partial charge in [0.25, 0.3) is 0 Å². The van der Waals surface area contributed by atoms with Gasteiger partial charge in [0, 0.05) is 16.5 Å². The van der Waals surface area contributed by atoms with Gasteiger partial charge in [-0.2, -0.15) is 0 Å². The Morgan fingerprint density at radius 2 is 0.778 bits per heavy atom. The van der Waals surface area contributed by atoms with Gasteiger partial charge in [0.05, 0.1) is 22.5 Å². The highest BCUT2D eigenvalue weighted by Crippen LogP contribution is 2.60. The molecule has 1 aliphatic rings. The van der Waals surface area contributed by atoms with Crippen molar-refractivity contribution in [2.75, 3.05) is 4.90 Å². The van der Waals surface area contributed by atoms with Gasteiger partial charge in [-0.3, -0.25) is 0 Å². The predicted molar refractivity (Wildman–Crippen MR) is 227 cm³/mol. The number of hydrogen-bond donors (Lipinski definition) is 0. The monoisotopic (exact) mass is 687 g/mol. The molecule has 0 fully saturated rings. The lowest BCUT2D eigenvalue weighted by Crippen LogP contribution is -2.28. The molecule has 0 amide bonds. The van der Waals surface area contributed by atoms with Crippen molar-refractivity contribution in [2.24, 2.45) is 0 Å². The highest BCUT2D eigenvalue weighted by Gasteiger charge is 2.47. The average Bonchev–Trinajstić information content (AvgIpc) is 3.57. The Labute approximate surface area is 317 Å². The van der Waals surface area contributed by atoms with E-state index in [0.717, 1.165) is 17.1 Å². The summed E-state index contributed by atoms with van der Waals surface area (Å²) in [6.07, 6.45) is 0. The highest BCUT2D eigenvalue weighted by atomic mass is 15.1. The van der Waals surface area contributed by atoms with Crippen LogP contribution in [0.1, 0.15) is 22.3 Å². The summed E-state index contributed by atoms with van der Waals surface area (Å²) in [5.74, 6) is 0. The fraction of sp³-hybridized carbons (Fsp3) is 0.0189. The molecule has 0 unspecified atom stereocenters. The summed E-state index contributed by atoms with van der Waals surface area (Å²) in [5.41, 5.74) is 15.3. The Kier molecular flexibility index (Phi) is 7.78. The Bertz CT molecular complexity index is 2720. The minimum Gasteiger partial charge on any atom is -0.309 e. The molecule has 0 heterocycles. The maximum Gasteiger partial charge on any atom is 0.0714 e. The second kappa shape index (κ2) is 13.2. The van der Waals surface area contributed by atoms with E-state index in [4.69, 9.17) is 0 Å². The van der Waals surface area contributed by atoms with Crippen LogP contribution in [0.15, 0.2) is 224 Å². The number of rotatable bonds is 7. The Morgan fingerprint density at radius 1 is 0.296 bits per heavy atom. The fourth-order valence-corrected chi connectivity index (χ4v) is 8.94. The largest absolute Gasteiger partial charge is 0.309 e. The first kappa shape index (κ1) is 31.7. The summed E-state index contributed by atoms with van der Waals surface area (Å²) in [4.78, 5) is 2.53. The second-order valence-electron chi connectivity index (χ2n) is 14.0. The molecular weight excluding hydrogens is 651 g/mol. The van der Waals surface area contributed by atoms with Gasteiger partial charge >= 0.3 is 0 Å². The van der Waals surface area contributed by atoms with E-state index in [9.17, 15) is 0 Å². The average molecular weight is 688 g/mol. The van der Waals surface area contributed by atoms with Crippen LogP contribution in [0, 0.1) is 0 Å². The Morgan fingerprint density at radius 3 is 1.52 bits per heavy atom. The summed E-state index contributed by atoms with van der Waals surface area (Å²) in [6.45, 7) is 0. The second-order valence-corrected chi connectivity index (χ2v) is 14.0. The van der Waals surface area contributed by atoms with Gasteiger partial charge in [0.1, 0.15) is 0 Å². The summed E-state index contributed by atoms with van der Waals surface area (Å²) in [5, 5.41) is 2.41. The molecule has 1 aliphatic carbocycles. The minimum atomic E-state index is -0.506. The Hall–Kier alpha value is -6.96.